The molecule has 3 heterocycles. The lowest BCUT2D eigenvalue weighted by Gasteiger charge is -2.47. The van der Waals surface area contributed by atoms with Gasteiger partial charge in [-0.25, -0.2) is 0 Å². The van der Waals surface area contributed by atoms with E-state index in [1.807, 2.05) is 12.1 Å². The number of ether oxygens (including phenoxy) is 1. The van der Waals surface area contributed by atoms with Gasteiger partial charge in [0, 0.05) is 51.0 Å². The molecule has 6 heteroatoms. The van der Waals surface area contributed by atoms with E-state index < -0.39 is 5.41 Å². The first kappa shape index (κ1) is 30.6. The molecule has 0 saturated carbocycles. The van der Waals surface area contributed by atoms with E-state index >= 15 is 0 Å². The minimum Gasteiger partial charge on any atom is -0.415 e. The third kappa shape index (κ3) is 5.97. The Kier molecular flexibility index (Phi) is 9.31. The van der Waals surface area contributed by atoms with Crippen LogP contribution >= 0.6 is 0 Å². The number of piperidine rings is 1. The molecule has 2 aromatic rings. The summed E-state index contributed by atoms with van der Waals surface area (Å²) in [4.78, 5) is 31.7. The second-order valence-electron chi connectivity index (χ2n) is 13.5. The van der Waals surface area contributed by atoms with Crippen molar-refractivity contribution in [3.8, 4) is 0 Å². The summed E-state index contributed by atoms with van der Waals surface area (Å²) in [7, 11) is 2.20. The Morgan fingerprint density at radius 3 is 2.45 bits per heavy atom. The molecular formula is C36H52N3O3+. The molecule has 3 aliphatic heterocycles. The van der Waals surface area contributed by atoms with E-state index in [4.69, 9.17) is 4.74 Å². The number of anilines is 2. The molecule has 1 unspecified atom stereocenters. The molecule has 0 radical (unpaired) electrons. The molecule has 0 aromatic heterocycles. The summed E-state index contributed by atoms with van der Waals surface area (Å²) in [5, 5.41) is 0. The molecule has 0 aliphatic carbocycles. The SMILES string of the molecule is CCCC(C)(CCC)C(=O)OC[N+]1(CCCC(=O)c2ccc(CC)cc2)CC[C@H]2[C@@H](C1)c1cccc3c1N2CCN3C. The zero-order valence-electron chi connectivity index (χ0n) is 26.7. The second-order valence-corrected chi connectivity index (χ2v) is 13.5. The number of aryl methyl sites for hydroxylation is 1. The lowest BCUT2D eigenvalue weighted by atomic mass is 9.81. The number of hydrogen-bond acceptors (Lipinski definition) is 5. The van der Waals surface area contributed by atoms with Gasteiger partial charge < -0.3 is 14.5 Å². The number of rotatable bonds is 13. The van der Waals surface area contributed by atoms with E-state index in [2.05, 4.69) is 74.9 Å². The van der Waals surface area contributed by atoms with E-state index in [1.165, 1.54) is 22.5 Å². The third-order valence-corrected chi connectivity index (χ3v) is 10.5. The van der Waals surface area contributed by atoms with Gasteiger partial charge in [-0.1, -0.05) is 70.0 Å². The van der Waals surface area contributed by atoms with E-state index in [-0.39, 0.29) is 11.8 Å². The molecule has 1 saturated heterocycles. The third-order valence-electron chi connectivity index (χ3n) is 10.5. The van der Waals surface area contributed by atoms with Gasteiger partial charge in [0.25, 0.3) is 0 Å². The molecule has 0 bridgehead atoms. The van der Waals surface area contributed by atoms with Crippen molar-refractivity contribution in [1.29, 1.82) is 0 Å². The highest BCUT2D eigenvalue weighted by Crippen LogP contribution is 2.51. The number of likely N-dealkylation sites (N-methyl/N-ethyl adjacent to an activating group) is 1. The van der Waals surface area contributed by atoms with Gasteiger partial charge in [-0.3, -0.25) is 14.1 Å². The van der Waals surface area contributed by atoms with Crippen molar-refractivity contribution in [2.45, 2.75) is 91.0 Å². The lowest BCUT2D eigenvalue weighted by Crippen LogP contribution is -2.60. The van der Waals surface area contributed by atoms with Gasteiger partial charge in [-0.05, 0) is 43.4 Å². The maximum Gasteiger partial charge on any atom is 0.316 e. The van der Waals surface area contributed by atoms with Crippen LogP contribution in [0.15, 0.2) is 42.5 Å². The zero-order chi connectivity index (χ0) is 29.9. The number of hydrogen-bond donors (Lipinski definition) is 0. The number of Topliss-reactive ketones (excluding diaryl/α,β-unsaturated/α-hetero) is 1. The highest BCUT2D eigenvalue weighted by Gasteiger charge is 2.50. The number of fused-ring (bicyclic) bond motifs is 3. The molecule has 228 valence electrons. The average molecular weight is 575 g/mol. The fourth-order valence-corrected chi connectivity index (χ4v) is 8.04. The Labute approximate surface area is 253 Å². The number of quaternary nitrogens is 1. The fourth-order valence-electron chi connectivity index (χ4n) is 8.04. The van der Waals surface area contributed by atoms with Crippen LogP contribution in [0.25, 0.3) is 0 Å². The summed E-state index contributed by atoms with van der Waals surface area (Å²) in [6.07, 6.45) is 7.03. The number of carbonyl (C=O) groups is 2. The molecule has 1 fully saturated rings. The van der Waals surface area contributed by atoms with Crippen molar-refractivity contribution < 1.29 is 18.8 Å². The maximum atomic E-state index is 13.6. The standard InChI is InChI=1S/C36H52N3O3/c1-6-19-36(4,20-7-2)35(41)42-26-39(23-10-13-33(40)28-16-14-27(8-3)15-17-28)24-18-31-30(25-39)29-11-9-12-32-34(29)38(31)22-21-37(32)5/h9,11-12,14-17,30-31H,6-8,10,13,18-26H2,1-5H3/q+1/t30-,31-,39?/m0/s1. The number of likely N-dealkylation sites (tertiary alicyclic amines) is 1. The monoisotopic (exact) mass is 574 g/mol. The number of nitrogens with zero attached hydrogens (tertiary/aromatic N) is 3. The van der Waals surface area contributed by atoms with E-state index in [1.54, 1.807) is 0 Å². The Morgan fingerprint density at radius 1 is 1.02 bits per heavy atom. The molecular weight excluding hydrogens is 522 g/mol. The van der Waals surface area contributed by atoms with Gasteiger partial charge in [-0.2, -0.15) is 0 Å². The Balaban J connectivity index is 1.35. The highest BCUT2D eigenvalue weighted by atomic mass is 16.5. The van der Waals surface area contributed by atoms with Crippen LogP contribution < -0.4 is 9.80 Å². The fraction of sp³-hybridized carbons (Fsp3) is 0.611. The zero-order valence-corrected chi connectivity index (χ0v) is 26.7. The Bertz CT molecular complexity index is 1250. The number of carbonyl (C=O) groups excluding carboxylic acids is 2. The van der Waals surface area contributed by atoms with Crippen LogP contribution in [-0.4, -0.2) is 68.8 Å². The van der Waals surface area contributed by atoms with Crippen molar-refractivity contribution in [2.75, 3.05) is 56.3 Å². The van der Waals surface area contributed by atoms with Crippen LogP contribution in [0, 0.1) is 5.41 Å². The summed E-state index contributed by atoms with van der Waals surface area (Å²) in [6, 6.07) is 15.4. The molecule has 0 N–H and O–H groups in total. The van der Waals surface area contributed by atoms with E-state index in [0.29, 0.717) is 25.1 Å². The first-order chi connectivity index (χ1) is 20.2. The van der Waals surface area contributed by atoms with Crippen molar-refractivity contribution in [2.24, 2.45) is 5.41 Å². The molecule has 2 aromatic carbocycles. The minimum atomic E-state index is -0.429. The van der Waals surface area contributed by atoms with Crippen molar-refractivity contribution in [1.82, 2.24) is 0 Å². The highest BCUT2D eigenvalue weighted by molar-refractivity contribution is 5.96. The van der Waals surface area contributed by atoms with Gasteiger partial charge in [-0.15, -0.1) is 0 Å². The second kappa shape index (κ2) is 12.8. The van der Waals surface area contributed by atoms with E-state index in [0.717, 1.165) is 87.7 Å². The molecule has 0 spiro atoms. The van der Waals surface area contributed by atoms with Crippen LogP contribution in [-0.2, 0) is 16.0 Å². The summed E-state index contributed by atoms with van der Waals surface area (Å²) in [5.41, 5.74) is 5.83. The first-order valence-corrected chi connectivity index (χ1v) is 16.5. The minimum absolute atomic E-state index is 0.0480. The lowest BCUT2D eigenvalue weighted by molar-refractivity contribution is -0.949. The van der Waals surface area contributed by atoms with Gasteiger partial charge in [0.15, 0.2) is 5.78 Å². The van der Waals surface area contributed by atoms with Gasteiger partial charge in [0.05, 0.1) is 42.3 Å². The summed E-state index contributed by atoms with van der Waals surface area (Å²) in [6.45, 7) is 13.8. The summed E-state index contributed by atoms with van der Waals surface area (Å²) in [5.74, 6) is 0.569. The molecule has 3 atom stereocenters. The smallest absolute Gasteiger partial charge is 0.316 e. The largest absolute Gasteiger partial charge is 0.415 e. The van der Waals surface area contributed by atoms with E-state index in [9.17, 15) is 9.59 Å². The van der Waals surface area contributed by atoms with Gasteiger partial charge in [0.1, 0.15) is 0 Å². The average Bonchev–Trinajstić information content (AvgIpc) is 3.31. The molecule has 3 aliphatic rings. The molecule has 6 nitrogen and oxygen atoms in total. The predicted molar refractivity (Wildman–Crippen MR) is 171 cm³/mol. The molecule has 42 heavy (non-hydrogen) atoms. The van der Waals surface area contributed by atoms with Crippen molar-refractivity contribution in [3.63, 3.8) is 0 Å². The normalized spacial score (nSPS) is 23.0. The van der Waals surface area contributed by atoms with Crippen LogP contribution in [0.4, 0.5) is 11.4 Å². The Morgan fingerprint density at radius 2 is 1.76 bits per heavy atom. The first-order valence-electron chi connectivity index (χ1n) is 16.5. The van der Waals surface area contributed by atoms with Crippen molar-refractivity contribution in [3.05, 3.63) is 59.2 Å². The maximum absolute atomic E-state index is 13.6. The summed E-state index contributed by atoms with van der Waals surface area (Å²) < 4.78 is 7.04. The van der Waals surface area contributed by atoms with Crippen LogP contribution in [0.1, 0.15) is 100 Å². The molecule has 5 rings (SSSR count). The van der Waals surface area contributed by atoms with Gasteiger partial charge in [0.2, 0.25) is 6.73 Å². The van der Waals surface area contributed by atoms with Crippen LogP contribution in [0.5, 0.6) is 0 Å². The van der Waals surface area contributed by atoms with Gasteiger partial charge >= 0.3 is 5.97 Å². The quantitative estimate of drug-likeness (QED) is 0.147. The molecule has 0 amide bonds. The van der Waals surface area contributed by atoms with Crippen LogP contribution in [0.3, 0.4) is 0 Å². The number of ketones is 1. The van der Waals surface area contributed by atoms with Crippen LogP contribution in [0.2, 0.25) is 0 Å². The Hall–Kier alpha value is -2.86. The topological polar surface area (TPSA) is 49.9 Å². The number of para-hydroxylation sites is 1. The number of esters is 1. The predicted octanol–water partition coefficient (Wildman–Crippen LogP) is 6.96. The van der Waals surface area contributed by atoms with Crippen molar-refractivity contribution >= 4 is 23.1 Å². The summed E-state index contributed by atoms with van der Waals surface area (Å²) >= 11 is 0. The number of benzene rings is 2.